The van der Waals surface area contributed by atoms with Gasteiger partial charge in [-0.3, -0.25) is 4.79 Å². The number of rotatable bonds is 5. The molecule has 120 valence electrons. The predicted octanol–water partition coefficient (Wildman–Crippen LogP) is 1.78. The minimum Gasteiger partial charge on any atom is -0.550 e. The first-order valence-electron chi connectivity index (χ1n) is 7.04. The van der Waals surface area contributed by atoms with Gasteiger partial charge in [-0.2, -0.15) is 8.78 Å². The smallest absolute Gasteiger partial charge is 0.387 e. The van der Waals surface area contributed by atoms with Crippen molar-refractivity contribution in [2.24, 2.45) is 11.8 Å². The van der Waals surface area contributed by atoms with Crippen LogP contribution >= 0.6 is 0 Å². The maximum absolute atomic E-state index is 12.3. The van der Waals surface area contributed by atoms with Gasteiger partial charge in [0.1, 0.15) is 5.75 Å². The number of para-hydroxylation sites is 2. The van der Waals surface area contributed by atoms with E-state index in [1.54, 1.807) is 6.07 Å². The predicted molar refractivity (Wildman–Crippen MR) is 72.2 cm³/mol. The van der Waals surface area contributed by atoms with Crippen LogP contribution in [-0.2, 0) is 9.59 Å². The Bertz CT molecular complexity index is 550. The normalized spacial score (nSPS) is 21.4. The van der Waals surface area contributed by atoms with Gasteiger partial charge < -0.3 is 20.0 Å². The van der Waals surface area contributed by atoms with Crippen molar-refractivity contribution in [3.63, 3.8) is 0 Å². The fraction of sp³-hybridized carbons (Fsp3) is 0.467. The molecule has 0 aromatic heterocycles. The zero-order chi connectivity index (χ0) is 16.1. The van der Waals surface area contributed by atoms with Gasteiger partial charge in [0.05, 0.1) is 5.69 Å². The van der Waals surface area contributed by atoms with Gasteiger partial charge in [-0.05, 0) is 25.0 Å². The Morgan fingerprint density at radius 3 is 2.45 bits per heavy atom. The summed E-state index contributed by atoms with van der Waals surface area (Å²) in [6.07, 6.45) is 2.29. The number of carbonyl (C=O) groups is 2. The third-order valence-corrected chi connectivity index (χ3v) is 3.77. The highest BCUT2D eigenvalue weighted by atomic mass is 19.3. The van der Waals surface area contributed by atoms with Crippen molar-refractivity contribution in [1.29, 1.82) is 0 Å². The Balaban J connectivity index is 2.12. The Hall–Kier alpha value is -2.18. The molecule has 1 aromatic carbocycles. The molecule has 0 spiro atoms. The number of amides is 1. The summed E-state index contributed by atoms with van der Waals surface area (Å²) in [5, 5.41) is 13.6. The SMILES string of the molecule is O=C([O-])[C@@H]1CCCC[C@H]1C(=O)Nc1ccccc1OC(F)F. The molecule has 0 unspecified atom stereocenters. The number of anilines is 1. The number of alkyl halides is 2. The zero-order valence-electron chi connectivity index (χ0n) is 11.8. The first-order chi connectivity index (χ1) is 10.5. The van der Waals surface area contributed by atoms with Crippen LogP contribution < -0.4 is 15.2 Å². The lowest BCUT2D eigenvalue weighted by atomic mass is 9.78. The summed E-state index contributed by atoms with van der Waals surface area (Å²) in [6, 6.07) is 5.79. The molecule has 1 aliphatic rings. The summed E-state index contributed by atoms with van der Waals surface area (Å²) in [6.45, 7) is -3.01. The van der Waals surface area contributed by atoms with Gasteiger partial charge in [0, 0.05) is 17.8 Å². The molecule has 22 heavy (non-hydrogen) atoms. The number of nitrogens with one attached hydrogen (secondary N) is 1. The lowest BCUT2D eigenvalue weighted by molar-refractivity contribution is -0.313. The van der Waals surface area contributed by atoms with Gasteiger partial charge in [-0.1, -0.05) is 25.0 Å². The fourth-order valence-electron chi connectivity index (χ4n) is 2.72. The van der Waals surface area contributed by atoms with Crippen LogP contribution in [0.1, 0.15) is 25.7 Å². The van der Waals surface area contributed by atoms with Gasteiger partial charge >= 0.3 is 6.61 Å². The number of halogens is 2. The summed E-state index contributed by atoms with van der Waals surface area (Å²) in [5.41, 5.74) is 0.0930. The van der Waals surface area contributed by atoms with E-state index < -0.39 is 30.3 Å². The third-order valence-electron chi connectivity index (χ3n) is 3.77. The monoisotopic (exact) mass is 312 g/mol. The standard InChI is InChI=1S/C15H17F2NO4/c16-15(17)22-12-8-4-3-7-11(12)18-13(19)9-5-1-2-6-10(9)14(20)21/h3-4,7-10,15H,1-2,5-6H2,(H,18,19)(H,20,21)/p-1/t9-,10-/m1/s1. The second-order valence-electron chi connectivity index (χ2n) is 5.18. The minimum atomic E-state index is -3.01. The van der Waals surface area contributed by atoms with Crippen molar-refractivity contribution in [2.75, 3.05) is 5.32 Å². The summed E-state index contributed by atoms with van der Waals surface area (Å²) >= 11 is 0. The van der Waals surface area contributed by atoms with Gasteiger partial charge in [0.2, 0.25) is 5.91 Å². The lowest BCUT2D eigenvalue weighted by Gasteiger charge is -2.31. The number of carbonyl (C=O) groups excluding carboxylic acids is 2. The van der Waals surface area contributed by atoms with E-state index in [-0.39, 0.29) is 11.4 Å². The Morgan fingerprint density at radius 1 is 1.18 bits per heavy atom. The topological polar surface area (TPSA) is 78.5 Å². The Morgan fingerprint density at radius 2 is 1.82 bits per heavy atom. The minimum absolute atomic E-state index is 0.0930. The average molecular weight is 312 g/mol. The van der Waals surface area contributed by atoms with Crippen molar-refractivity contribution < 1.29 is 28.2 Å². The molecule has 0 radical (unpaired) electrons. The van der Waals surface area contributed by atoms with Crippen LogP contribution in [0.25, 0.3) is 0 Å². The molecule has 0 heterocycles. The number of benzene rings is 1. The molecule has 1 aromatic rings. The first kappa shape index (κ1) is 16.2. The van der Waals surface area contributed by atoms with Crippen LogP contribution in [0.15, 0.2) is 24.3 Å². The molecule has 1 aliphatic carbocycles. The summed E-state index contributed by atoms with van der Waals surface area (Å²) in [7, 11) is 0. The summed E-state index contributed by atoms with van der Waals surface area (Å²) < 4.78 is 29.0. The number of aliphatic carboxylic acids is 1. The molecule has 5 nitrogen and oxygen atoms in total. The second kappa shape index (κ2) is 7.20. The molecular formula is C15H16F2NO4-. The van der Waals surface area contributed by atoms with Crippen molar-refractivity contribution in [3.8, 4) is 5.75 Å². The van der Waals surface area contributed by atoms with Gasteiger partial charge in [-0.15, -0.1) is 0 Å². The highest BCUT2D eigenvalue weighted by Crippen LogP contribution is 2.32. The van der Waals surface area contributed by atoms with Gasteiger partial charge in [0.25, 0.3) is 0 Å². The van der Waals surface area contributed by atoms with Crippen LogP contribution in [-0.4, -0.2) is 18.5 Å². The van der Waals surface area contributed by atoms with Crippen molar-refractivity contribution in [3.05, 3.63) is 24.3 Å². The van der Waals surface area contributed by atoms with Gasteiger partial charge in [0.15, 0.2) is 0 Å². The van der Waals surface area contributed by atoms with Gasteiger partial charge in [-0.25, -0.2) is 0 Å². The molecule has 7 heteroatoms. The number of carboxylic acid groups (broad SMARTS) is 1. The molecular weight excluding hydrogens is 296 g/mol. The van der Waals surface area contributed by atoms with E-state index >= 15 is 0 Å². The molecule has 0 bridgehead atoms. The maximum atomic E-state index is 12.3. The zero-order valence-corrected chi connectivity index (χ0v) is 11.8. The maximum Gasteiger partial charge on any atom is 0.387 e. The molecule has 2 atom stereocenters. The van der Waals surface area contributed by atoms with Crippen molar-refractivity contribution in [2.45, 2.75) is 32.3 Å². The summed E-state index contributed by atoms with van der Waals surface area (Å²) in [4.78, 5) is 23.4. The van der Waals surface area contributed by atoms with Crippen LogP contribution in [0, 0.1) is 11.8 Å². The number of carboxylic acids is 1. The Kier molecular flexibility index (Phi) is 5.30. The van der Waals surface area contributed by atoms with Crippen LogP contribution in [0.5, 0.6) is 5.75 Å². The number of hydrogen-bond acceptors (Lipinski definition) is 4. The molecule has 1 N–H and O–H groups in total. The molecule has 1 saturated carbocycles. The largest absolute Gasteiger partial charge is 0.550 e. The van der Waals surface area contributed by atoms with E-state index in [9.17, 15) is 23.5 Å². The van der Waals surface area contributed by atoms with Crippen LogP contribution in [0.2, 0.25) is 0 Å². The quantitative estimate of drug-likeness (QED) is 0.899. The molecule has 1 fully saturated rings. The van der Waals surface area contributed by atoms with E-state index in [4.69, 9.17) is 0 Å². The lowest BCUT2D eigenvalue weighted by Crippen LogP contribution is -2.42. The number of hydrogen-bond donors (Lipinski definition) is 1. The van der Waals surface area contributed by atoms with E-state index in [0.717, 1.165) is 12.8 Å². The van der Waals surface area contributed by atoms with Crippen LogP contribution in [0.4, 0.5) is 14.5 Å². The Labute approximate surface area is 126 Å². The summed E-state index contributed by atoms with van der Waals surface area (Å²) in [5.74, 6) is -3.50. The van der Waals surface area contributed by atoms with Crippen LogP contribution in [0.3, 0.4) is 0 Å². The van der Waals surface area contributed by atoms with E-state index in [2.05, 4.69) is 10.1 Å². The van der Waals surface area contributed by atoms with Crippen molar-refractivity contribution >= 4 is 17.6 Å². The number of ether oxygens (including phenoxy) is 1. The molecule has 0 aliphatic heterocycles. The molecule has 0 saturated heterocycles. The first-order valence-corrected chi connectivity index (χ1v) is 7.04. The highest BCUT2D eigenvalue weighted by Gasteiger charge is 2.32. The van der Waals surface area contributed by atoms with E-state index in [1.807, 2.05) is 0 Å². The van der Waals surface area contributed by atoms with E-state index in [0.29, 0.717) is 12.8 Å². The second-order valence-corrected chi connectivity index (χ2v) is 5.18. The van der Waals surface area contributed by atoms with Crippen molar-refractivity contribution in [1.82, 2.24) is 0 Å². The average Bonchev–Trinajstić information content (AvgIpc) is 2.48. The van der Waals surface area contributed by atoms with E-state index in [1.165, 1.54) is 18.2 Å². The molecule has 1 amide bonds. The molecule has 2 rings (SSSR count). The highest BCUT2D eigenvalue weighted by molar-refractivity contribution is 5.96. The fourth-order valence-corrected chi connectivity index (χ4v) is 2.72. The third kappa shape index (κ3) is 3.93.